The summed E-state index contributed by atoms with van der Waals surface area (Å²) in [6.45, 7) is -0.0470. The first-order valence-corrected chi connectivity index (χ1v) is 6.17. The van der Waals surface area contributed by atoms with Gasteiger partial charge in [-0.3, -0.25) is 4.79 Å². The summed E-state index contributed by atoms with van der Waals surface area (Å²) in [5, 5.41) is 5.74. The molecule has 1 amide bonds. The molecule has 1 aliphatic rings. The van der Waals surface area contributed by atoms with Crippen molar-refractivity contribution >= 4 is 5.91 Å². The van der Waals surface area contributed by atoms with Crippen molar-refractivity contribution in [2.75, 3.05) is 20.2 Å². The molecule has 0 bridgehead atoms. The number of alkyl halides is 3. The highest BCUT2D eigenvalue weighted by Gasteiger charge is 2.31. The number of carbonyl (C=O) groups is 1. The molecule has 0 spiro atoms. The highest BCUT2D eigenvalue weighted by molar-refractivity contribution is 5.93. The molecule has 2 N–H and O–H groups in total. The summed E-state index contributed by atoms with van der Waals surface area (Å²) in [4.78, 5) is 12.0. The van der Waals surface area contributed by atoms with Crippen LogP contribution in [-0.4, -0.2) is 49.0 Å². The van der Waals surface area contributed by atoms with Crippen molar-refractivity contribution < 1.29 is 22.7 Å². The van der Waals surface area contributed by atoms with Crippen LogP contribution in [0.4, 0.5) is 13.2 Å². The average Bonchev–Trinajstić information content (AvgIpc) is 2.95. The van der Waals surface area contributed by atoms with Crippen LogP contribution in [-0.2, 0) is 11.3 Å². The Morgan fingerprint density at radius 1 is 1.55 bits per heavy atom. The zero-order valence-electron chi connectivity index (χ0n) is 10.9. The average molecular weight is 291 g/mol. The topological polar surface area (TPSA) is 55.3 Å². The van der Waals surface area contributed by atoms with Gasteiger partial charge in [0.2, 0.25) is 0 Å². The van der Waals surface area contributed by atoms with E-state index in [0.717, 1.165) is 4.57 Å². The molecule has 1 aliphatic heterocycles. The lowest BCUT2D eigenvalue weighted by molar-refractivity contribution is -0.140. The summed E-state index contributed by atoms with van der Waals surface area (Å²) in [6.07, 6.45) is -3.30. The van der Waals surface area contributed by atoms with E-state index in [1.54, 1.807) is 0 Å². The van der Waals surface area contributed by atoms with Crippen molar-refractivity contribution in [3.63, 3.8) is 0 Å². The van der Waals surface area contributed by atoms with Gasteiger partial charge in [0.25, 0.3) is 5.91 Å². The zero-order chi connectivity index (χ0) is 14.8. The number of nitrogens with zero attached hydrogens (tertiary/aromatic N) is 1. The molecule has 1 unspecified atom stereocenters. The molecule has 1 saturated heterocycles. The van der Waals surface area contributed by atoms with Crippen LogP contribution in [0.3, 0.4) is 0 Å². The molecule has 0 radical (unpaired) electrons. The molecule has 0 aliphatic carbocycles. The first kappa shape index (κ1) is 14.9. The van der Waals surface area contributed by atoms with Crippen LogP contribution < -0.4 is 10.6 Å². The van der Waals surface area contributed by atoms with Crippen molar-refractivity contribution in [1.29, 1.82) is 0 Å². The third-order valence-corrected chi connectivity index (χ3v) is 3.19. The fraction of sp³-hybridized carbons (Fsp3) is 0.583. The number of methoxy groups -OCH3 is 1. The summed E-state index contributed by atoms with van der Waals surface area (Å²) < 4.78 is 43.3. The molecule has 2 rings (SSSR count). The smallest absolute Gasteiger partial charge is 0.378 e. The summed E-state index contributed by atoms with van der Waals surface area (Å²) in [6, 6.07) is 2.54. The van der Waals surface area contributed by atoms with E-state index in [9.17, 15) is 18.0 Å². The quantitative estimate of drug-likeness (QED) is 0.861. The third kappa shape index (κ3) is 3.51. The number of aromatic nitrogens is 1. The number of amides is 1. The van der Waals surface area contributed by atoms with Gasteiger partial charge in [0.15, 0.2) is 0 Å². The number of halogens is 3. The Kier molecular flexibility index (Phi) is 4.34. The largest absolute Gasteiger partial charge is 0.406 e. The van der Waals surface area contributed by atoms with E-state index in [1.807, 2.05) is 0 Å². The van der Waals surface area contributed by atoms with Crippen molar-refractivity contribution in [1.82, 2.24) is 15.2 Å². The monoisotopic (exact) mass is 291 g/mol. The van der Waals surface area contributed by atoms with Gasteiger partial charge in [0, 0.05) is 26.4 Å². The predicted octanol–water partition coefficient (Wildman–Crippen LogP) is 0.767. The van der Waals surface area contributed by atoms with Crippen LogP contribution in [0.25, 0.3) is 0 Å². The lowest BCUT2D eigenvalue weighted by Gasteiger charge is -2.19. The van der Waals surface area contributed by atoms with Crippen LogP contribution >= 0.6 is 0 Å². The normalized spacial score (nSPS) is 23.0. The van der Waals surface area contributed by atoms with Gasteiger partial charge in [-0.05, 0) is 12.1 Å². The van der Waals surface area contributed by atoms with E-state index in [1.165, 1.54) is 25.4 Å². The maximum absolute atomic E-state index is 12.4. The van der Waals surface area contributed by atoms with Gasteiger partial charge in [-0.1, -0.05) is 0 Å². The maximum Gasteiger partial charge on any atom is 0.406 e. The van der Waals surface area contributed by atoms with Crippen molar-refractivity contribution in [2.24, 2.45) is 0 Å². The first-order valence-electron chi connectivity index (χ1n) is 6.17. The van der Waals surface area contributed by atoms with Crippen LogP contribution in [0.1, 0.15) is 10.5 Å². The highest BCUT2D eigenvalue weighted by atomic mass is 19.4. The summed E-state index contributed by atoms with van der Waals surface area (Å²) >= 11 is 0. The number of ether oxygens (including phenoxy) is 1. The number of nitrogens with one attached hydrogen (secondary N) is 2. The van der Waals surface area contributed by atoms with E-state index >= 15 is 0 Å². The molecule has 112 valence electrons. The number of rotatable bonds is 4. The molecule has 0 saturated carbocycles. The van der Waals surface area contributed by atoms with E-state index in [-0.39, 0.29) is 17.8 Å². The second-order valence-electron chi connectivity index (χ2n) is 4.65. The van der Waals surface area contributed by atoms with Gasteiger partial charge in [0.05, 0.1) is 12.1 Å². The second kappa shape index (κ2) is 5.84. The molecule has 1 aromatic heterocycles. The fourth-order valence-corrected chi connectivity index (χ4v) is 2.24. The number of hydrogen-bond donors (Lipinski definition) is 2. The lowest BCUT2D eigenvalue weighted by atomic mass is 10.2. The Morgan fingerprint density at radius 2 is 2.30 bits per heavy atom. The molecular weight excluding hydrogens is 275 g/mol. The Balaban J connectivity index is 2.04. The first-order chi connectivity index (χ1) is 9.40. The molecule has 1 aromatic rings. The summed E-state index contributed by atoms with van der Waals surface area (Å²) in [5.41, 5.74) is -0.0101. The molecule has 2 heterocycles. The lowest BCUT2D eigenvalue weighted by Crippen LogP contribution is -2.44. The van der Waals surface area contributed by atoms with Gasteiger partial charge in [-0.2, -0.15) is 13.2 Å². The van der Waals surface area contributed by atoms with E-state index in [2.05, 4.69) is 10.6 Å². The molecule has 20 heavy (non-hydrogen) atoms. The molecule has 5 nitrogen and oxygen atoms in total. The minimum absolute atomic E-state index is 0.0101. The Labute approximate surface area is 114 Å². The third-order valence-electron chi connectivity index (χ3n) is 3.19. The Hall–Kier alpha value is -1.54. The molecule has 0 aromatic carbocycles. The van der Waals surface area contributed by atoms with Gasteiger partial charge >= 0.3 is 6.18 Å². The van der Waals surface area contributed by atoms with E-state index < -0.39 is 18.6 Å². The molecular formula is C12H16F3N3O2. The SMILES string of the molecule is CO[C@H]1CNCC1NC(=O)c1cccn1CC(F)(F)F. The number of hydrogen-bond acceptors (Lipinski definition) is 3. The molecule has 1 fully saturated rings. The van der Waals surface area contributed by atoms with Crippen molar-refractivity contribution in [3.8, 4) is 0 Å². The van der Waals surface area contributed by atoms with Crippen LogP contribution in [0.15, 0.2) is 18.3 Å². The minimum Gasteiger partial charge on any atom is -0.378 e. The Bertz CT molecular complexity index is 473. The zero-order valence-corrected chi connectivity index (χ0v) is 10.9. The molecule has 8 heteroatoms. The van der Waals surface area contributed by atoms with E-state index in [4.69, 9.17) is 4.74 Å². The Morgan fingerprint density at radius 3 is 2.95 bits per heavy atom. The van der Waals surface area contributed by atoms with Crippen LogP contribution in [0, 0.1) is 0 Å². The van der Waals surface area contributed by atoms with Crippen LogP contribution in [0.2, 0.25) is 0 Å². The van der Waals surface area contributed by atoms with Gasteiger partial charge in [0.1, 0.15) is 12.2 Å². The van der Waals surface area contributed by atoms with Gasteiger partial charge in [-0.25, -0.2) is 0 Å². The second-order valence-corrected chi connectivity index (χ2v) is 4.65. The van der Waals surface area contributed by atoms with E-state index in [0.29, 0.717) is 13.1 Å². The standard InChI is InChI=1S/C12H16F3N3O2/c1-20-10-6-16-5-8(10)17-11(19)9-3-2-4-18(9)7-12(13,14)15/h2-4,8,10,16H,5-7H2,1H3,(H,17,19)/t8?,10-/m0/s1. The summed E-state index contributed by atoms with van der Waals surface area (Å²) in [7, 11) is 1.53. The van der Waals surface area contributed by atoms with Crippen LogP contribution in [0.5, 0.6) is 0 Å². The molecule has 2 atom stereocenters. The fourth-order valence-electron chi connectivity index (χ4n) is 2.24. The van der Waals surface area contributed by atoms with Crippen molar-refractivity contribution in [3.05, 3.63) is 24.0 Å². The highest BCUT2D eigenvalue weighted by Crippen LogP contribution is 2.19. The van der Waals surface area contributed by atoms with Gasteiger partial charge < -0.3 is 19.9 Å². The summed E-state index contributed by atoms with van der Waals surface area (Å²) in [5.74, 6) is -0.532. The number of carbonyl (C=O) groups excluding carboxylic acids is 1. The van der Waals surface area contributed by atoms with Crippen molar-refractivity contribution in [2.45, 2.75) is 24.9 Å². The maximum atomic E-state index is 12.4. The minimum atomic E-state index is -4.36. The predicted molar refractivity (Wildman–Crippen MR) is 65.4 cm³/mol. The van der Waals surface area contributed by atoms with Gasteiger partial charge in [-0.15, -0.1) is 0 Å².